The SMILES string of the molecule is CN(C)C(CN=C(N)N(C)C1CC1)c1cccc(F)c1.I. The Balaban J connectivity index is 0.00000220. The van der Waals surface area contributed by atoms with E-state index < -0.39 is 0 Å². The van der Waals surface area contributed by atoms with E-state index in [4.69, 9.17) is 5.73 Å². The lowest BCUT2D eigenvalue weighted by molar-refractivity contribution is 0.304. The normalized spacial score (nSPS) is 16.5. The maximum absolute atomic E-state index is 13.3. The Labute approximate surface area is 143 Å². The van der Waals surface area contributed by atoms with Gasteiger partial charge in [-0.3, -0.25) is 4.99 Å². The van der Waals surface area contributed by atoms with Crippen molar-refractivity contribution in [2.75, 3.05) is 27.7 Å². The lowest BCUT2D eigenvalue weighted by atomic mass is 10.1. The zero-order valence-corrected chi connectivity index (χ0v) is 15.1. The highest BCUT2D eigenvalue weighted by atomic mass is 127. The van der Waals surface area contributed by atoms with Gasteiger partial charge in [0.2, 0.25) is 0 Å². The van der Waals surface area contributed by atoms with E-state index in [1.807, 2.05) is 37.0 Å². The predicted octanol–water partition coefficient (Wildman–Crippen LogP) is 2.46. The van der Waals surface area contributed by atoms with Crippen LogP contribution in [0.2, 0.25) is 0 Å². The van der Waals surface area contributed by atoms with Crippen LogP contribution in [0.3, 0.4) is 0 Å². The maximum Gasteiger partial charge on any atom is 0.191 e. The van der Waals surface area contributed by atoms with Gasteiger partial charge in [0.25, 0.3) is 0 Å². The molecule has 118 valence electrons. The number of nitrogens with two attached hydrogens (primary N) is 1. The van der Waals surface area contributed by atoms with Crippen molar-refractivity contribution in [2.45, 2.75) is 24.9 Å². The molecule has 6 heteroatoms. The van der Waals surface area contributed by atoms with E-state index in [2.05, 4.69) is 4.99 Å². The molecule has 2 rings (SSSR count). The van der Waals surface area contributed by atoms with Crippen LogP contribution in [0.25, 0.3) is 0 Å². The van der Waals surface area contributed by atoms with Gasteiger partial charge in [0, 0.05) is 13.1 Å². The minimum Gasteiger partial charge on any atom is -0.370 e. The number of hydrogen-bond acceptors (Lipinski definition) is 2. The highest BCUT2D eigenvalue weighted by Gasteiger charge is 2.27. The molecule has 0 heterocycles. The van der Waals surface area contributed by atoms with Crippen molar-refractivity contribution in [1.29, 1.82) is 0 Å². The Morgan fingerprint density at radius 3 is 2.57 bits per heavy atom. The molecule has 1 aliphatic rings. The van der Waals surface area contributed by atoms with Crippen LogP contribution in [0.4, 0.5) is 4.39 Å². The Kier molecular flexibility index (Phi) is 6.86. The minimum absolute atomic E-state index is 0. The Morgan fingerprint density at radius 1 is 1.38 bits per heavy atom. The standard InChI is InChI=1S/C15H23FN4.HI/c1-19(2)14(11-5-4-6-12(16)9-11)10-18-15(17)20(3)13-7-8-13;/h4-6,9,13-14H,7-8,10H2,1-3H3,(H2,17,18);1H. The summed E-state index contributed by atoms with van der Waals surface area (Å²) in [5.41, 5.74) is 6.92. The lowest BCUT2D eigenvalue weighted by Gasteiger charge is -2.24. The minimum atomic E-state index is -0.221. The first-order valence-corrected chi connectivity index (χ1v) is 6.93. The number of halogens is 2. The van der Waals surface area contributed by atoms with E-state index in [0.29, 0.717) is 18.5 Å². The van der Waals surface area contributed by atoms with E-state index in [9.17, 15) is 4.39 Å². The summed E-state index contributed by atoms with van der Waals surface area (Å²) < 4.78 is 13.3. The molecule has 4 nitrogen and oxygen atoms in total. The van der Waals surface area contributed by atoms with Gasteiger partial charge in [-0.25, -0.2) is 4.39 Å². The van der Waals surface area contributed by atoms with E-state index in [1.165, 1.54) is 18.9 Å². The molecular weight excluding hydrogens is 382 g/mol. The third kappa shape index (κ3) is 5.10. The number of benzene rings is 1. The smallest absolute Gasteiger partial charge is 0.191 e. The van der Waals surface area contributed by atoms with Crippen molar-refractivity contribution >= 4 is 29.9 Å². The molecule has 0 bridgehead atoms. The first-order valence-electron chi connectivity index (χ1n) is 6.93. The fraction of sp³-hybridized carbons (Fsp3) is 0.533. The van der Waals surface area contributed by atoms with Crippen molar-refractivity contribution < 1.29 is 4.39 Å². The summed E-state index contributed by atoms with van der Waals surface area (Å²) >= 11 is 0. The number of guanidine groups is 1. The van der Waals surface area contributed by atoms with Crippen molar-refractivity contribution in [1.82, 2.24) is 9.80 Å². The van der Waals surface area contributed by atoms with Crippen LogP contribution in [0.15, 0.2) is 29.3 Å². The molecule has 0 spiro atoms. The average Bonchev–Trinajstić information content (AvgIpc) is 3.21. The second-order valence-electron chi connectivity index (χ2n) is 5.58. The van der Waals surface area contributed by atoms with E-state index >= 15 is 0 Å². The number of hydrogen-bond donors (Lipinski definition) is 1. The van der Waals surface area contributed by atoms with E-state index in [-0.39, 0.29) is 35.8 Å². The number of aliphatic imine (C=N–C) groups is 1. The number of nitrogens with zero attached hydrogens (tertiary/aromatic N) is 3. The van der Waals surface area contributed by atoms with Gasteiger partial charge in [-0.15, -0.1) is 24.0 Å². The summed E-state index contributed by atoms with van der Waals surface area (Å²) in [5.74, 6) is 0.345. The number of likely N-dealkylation sites (N-methyl/N-ethyl adjacent to an activating group) is 1. The van der Waals surface area contributed by atoms with Gasteiger partial charge >= 0.3 is 0 Å². The zero-order chi connectivity index (χ0) is 14.7. The van der Waals surface area contributed by atoms with Crippen LogP contribution >= 0.6 is 24.0 Å². The molecule has 0 aromatic heterocycles. The van der Waals surface area contributed by atoms with Crippen LogP contribution < -0.4 is 5.73 Å². The van der Waals surface area contributed by atoms with Gasteiger partial charge in [0.1, 0.15) is 5.82 Å². The van der Waals surface area contributed by atoms with Gasteiger partial charge in [-0.05, 0) is 44.6 Å². The Hall–Kier alpha value is -0.890. The molecule has 21 heavy (non-hydrogen) atoms. The topological polar surface area (TPSA) is 44.9 Å². The van der Waals surface area contributed by atoms with Crippen molar-refractivity contribution in [3.8, 4) is 0 Å². The lowest BCUT2D eigenvalue weighted by Crippen LogP contribution is -2.36. The molecule has 0 saturated heterocycles. The molecule has 1 aromatic rings. The molecule has 1 saturated carbocycles. The van der Waals surface area contributed by atoms with Crippen LogP contribution in [0.1, 0.15) is 24.4 Å². The average molecular weight is 406 g/mol. The molecule has 1 aliphatic carbocycles. The molecule has 0 amide bonds. The van der Waals surface area contributed by atoms with Crippen molar-refractivity contribution in [2.24, 2.45) is 10.7 Å². The zero-order valence-electron chi connectivity index (χ0n) is 12.8. The maximum atomic E-state index is 13.3. The van der Waals surface area contributed by atoms with Gasteiger partial charge in [0.15, 0.2) is 5.96 Å². The third-order valence-corrected chi connectivity index (χ3v) is 3.74. The van der Waals surface area contributed by atoms with Gasteiger partial charge in [0.05, 0.1) is 12.6 Å². The molecule has 1 aromatic carbocycles. The summed E-state index contributed by atoms with van der Waals surface area (Å²) in [6.45, 7) is 0.527. The molecule has 1 atom stereocenters. The molecule has 1 fully saturated rings. The first kappa shape index (κ1) is 18.2. The fourth-order valence-corrected chi connectivity index (χ4v) is 2.22. The Morgan fingerprint density at radius 2 is 2.05 bits per heavy atom. The summed E-state index contributed by atoms with van der Waals surface area (Å²) in [6, 6.07) is 7.23. The van der Waals surface area contributed by atoms with Crippen LogP contribution in [0, 0.1) is 5.82 Å². The third-order valence-electron chi connectivity index (χ3n) is 3.74. The summed E-state index contributed by atoms with van der Waals surface area (Å²) in [4.78, 5) is 8.53. The second kappa shape index (κ2) is 7.93. The van der Waals surface area contributed by atoms with Crippen LogP contribution in [-0.4, -0.2) is 49.5 Å². The van der Waals surface area contributed by atoms with E-state index in [1.54, 1.807) is 12.1 Å². The van der Waals surface area contributed by atoms with Gasteiger partial charge in [-0.2, -0.15) is 0 Å². The summed E-state index contributed by atoms with van der Waals surface area (Å²) in [6.07, 6.45) is 2.38. The van der Waals surface area contributed by atoms with Gasteiger partial charge in [-0.1, -0.05) is 12.1 Å². The quantitative estimate of drug-likeness (QED) is 0.464. The summed E-state index contributed by atoms with van der Waals surface area (Å²) in [7, 11) is 5.90. The number of rotatable bonds is 5. The predicted molar refractivity (Wildman–Crippen MR) is 95.5 cm³/mol. The Bertz CT molecular complexity index is 488. The fourth-order valence-electron chi connectivity index (χ4n) is 2.22. The second-order valence-corrected chi connectivity index (χ2v) is 5.58. The monoisotopic (exact) mass is 406 g/mol. The highest BCUT2D eigenvalue weighted by molar-refractivity contribution is 14.0. The largest absolute Gasteiger partial charge is 0.370 e. The van der Waals surface area contributed by atoms with Crippen LogP contribution in [-0.2, 0) is 0 Å². The molecule has 2 N–H and O–H groups in total. The van der Waals surface area contributed by atoms with Crippen LogP contribution in [0.5, 0.6) is 0 Å². The first-order chi connectivity index (χ1) is 9.49. The molecular formula is C15H24FIN4. The molecule has 0 aliphatic heterocycles. The van der Waals surface area contributed by atoms with E-state index in [0.717, 1.165) is 5.56 Å². The van der Waals surface area contributed by atoms with Crippen molar-refractivity contribution in [3.63, 3.8) is 0 Å². The van der Waals surface area contributed by atoms with Crippen molar-refractivity contribution in [3.05, 3.63) is 35.6 Å². The molecule has 1 unspecified atom stereocenters. The van der Waals surface area contributed by atoms with Gasteiger partial charge < -0.3 is 15.5 Å². The summed E-state index contributed by atoms with van der Waals surface area (Å²) in [5, 5.41) is 0. The highest BCUT2D eigenvalue weighted by Crippen LogP contribution is 2.25. The molecule has 0 radical (unpaired) electrons.